The molecule has 1 fully saturated rings. The Balaban J connectivity index is 1.31. The molecule has 0 aliphatic heterocycles. The van der Waals surface area contributed by atoms with Gasteiger partial charge in [-0.2, -0.15) is 0 Å². The molecule has 11 heteroatoms. The van der Waals surface area contributed by atoms with Gasteiger partial charge in [0.25, 0.3) is 0 Å². The first-order valence-electron chi connectivity index (χ1n) is 12.1. The number of rotatable bonds is 9. The Morgan fingerprint density at radius 3 is 2.68 bits per heavy atom. The van der Waals surface area contributed by atoms with Crippen molar-refractivity contribution < 1.29 is 23.8 Å². The highest BCUT2D eigenvalue weighted by Gasteiger charge is 2.23. The third kappa shape index (κ3) is 6.06. The standard InChI is InChI=1S/C27H26FN5O4S/c1-16(35)33(10-11-34)15-17-2-6-21(30-14-17)25-13-22-26(38-25)24(8-9-29-22)37-23-7-5-19(12-20(23)28)32-27(36)31-18-3-4-18/h2,5-9,12-14,18,34H,3-4,10-11,15H2,1H3,(H2,31,32,36). The molecule has 0 saturated heterocycles. The van der Waals surface area contributed by atoms with E-state index >= 15 is 0 Å². The number of aliphatic hydroxyl groups is 1. The number of urea groups is 1. The Kier molecular flexibility index (Phi) is 7.47. The highest BCUT2D eigenvalue weighted by molar-refractivity contribution is 7.22. The van der Waals surface area contributed by atoms with E-state index in [-0.39, 0.29) is 36.9 Å². The summed E-state index contributed by atoms with van der Waals surface area (Å²) in [5.74, 6) is -0.238. The highest BCUT2D eigenvalue weighted by Crippen LogP contribution is 2.39. The van der Waals surface area contributed by atoms with E-state index in [0.29, 0.717) is 23.5 Å². The normalized spacial score (nSPS) is 12.8. The number of nitrogens with zero attached hydrogens (tertiary/aromatic N) is 3. The fourth-order valence-corrected chi connectivity index (χ4v) is 4.88. The number of carbonyl (C=O) groups excluding carboxylic acids is 2. The average Bonchev–Trinajstić information content (AvgIpc) is 3.59. The van der Waals surface area contributed by atoms with Crippen molar-refractivity contribution in [3.8, 4) is 22.1 Å². The van der Waals surface area contributed by atoms with Crippen LogP contribution >= 0.6 is 11.3 Å². The van der Waals surface area contributed by atoms with Crippen LogP contribution in [-0.4, -0.2) is 51.1 Å². The predicted octanol–water partition coefficient (Wildman–Crippen LogP) is 4.91. The first-order valence-corrected chi connectivity index (χ1v) is 13.0. The lowest BCUT2D eigenvalue weighted by Gasteiger charge is -2.19. The fourth-order valence-electron chi connectivity index (χ4n) is 3.83. The van der Waals surface area contributed by atoms with Crippen molar-refractivity contribution >= 4 is 39.2 Å². The Morgan fingerprint density at radius 2 is 2.00 bits per heavy atom. The smallest absolute Gasteiger partial charge is 0.319 e. The lowest BCUT2D eigenvalue weighted by atomic mass is 10.2. The minimum absolute atomic E-state index is 0.0287. The van der Waals surface area contributed by atoms with E-state index in [1.54, 1.807) is 29.4 Å². The molecule has 1 aliphatic carbocycles. The molecule has 0 radical (unpaired) electrons. The van der Waals surface area contributed by atoms with E-state index in [2.05, 4.69) is 20.6 Å². The number of nitrogens with one attached hydrogen (secondary N) is 2. The van der Waals surface area contributed by atoms with E-state index in [0.717, 1.165) is 33.7 Å². The monoisotopic (exact) mass is 535 g/mol. The van der Waals surface area contributed by atoms with Gasteiger partial charge in [0, 0.05) is 56.3 Å². The summed E-state index contributed by atoms with van der Waals surface area (Å²) in [5.41, 5.74) is 2.60. The lowest BCUT2D eigenvalue weighted by molar-refractivity contribution is -0.129. The van der Waals surface area contributed by atoms with Gasteiger partial charge in [0.1, 0.15) is 5.75 Å². The largest absolute Gasteiger partial charge is 0.453 e. The molecule has 3 N–H and O–H groups in total. The number of benzene rings is 1. The number of halogens is 1. The lowest BCUT2D eigenvalue weighted by Crippen LogP contribution is -2.30. The summed E-state index contributed by atoms with van der Waals surface area (Å²) in [4.78, 5) is 35.0. The van der Waals surface area contributed by atoms with Crippen molar-refractivity contribution in [2.24, 2.45) is 0 Å². The summed E-state index contributed by atoms with van der Waals surface area (Å²) in [5, 5.41) is 14.6. The number of anilines is 1. The zero-order valence-electron chi connectivity index (χ0n) is 20.6. The molecule has 4 aromatic rings. The van der Waals surface area contributed by atoms with E-state index in [4.69, 9.17) is 9.84 Å². The Hall–Kier alpha value is -4.09. The Bertz CT molecular complexity index is 1470. The second-order valence-corrected chi connectivity index (χ2v) is 10.0. The Labute approximate surface area is 222 Å². The van der Waals surface area contributed by atoms with Crippen molar-refractivity contribution in [2.45, 2.75) is 32.4 Å². The second kappa shape index (κ2) is 11.1. The van der Waals surface area contributed by atoms with Crippen molar-refractivity contribution in [3.63, 3.8) is 0 Å². The topological polar surface area (TPSA) is 117 Å². The van der Waals surface area contributed by atoms with Crippen molar-refractivity contribution in [1.82, 2.24) is 20.2 Å². The van der Waals surface area contributed by atoms with Crippen LogP contribution in [0.4, 0.5) is 14.9 Å². The molecule has 5 rings (SSSR count). The van der Waals surface area contributed by atoms with Gasteiger partial charge in [0.15, 0.2) is 11.6 Å². The van der Waals surface area contributed by atoms with Gasteiger partial charge in [-0.1, -0.05) is 6.07 Å². The predicted molar refractivity (Wildman–Crippen MR) is 143 cm³/mol. The van der Waals surface area contributed by atoms with Crippen LogP contribution in [0.25, 0.3) is 20.8 Å². The van der Waals surface area contributed by atoms with Gasteiger partial charge in [0.2, 0.25) is 5.91 Å². The van der Waals surface area contributed by atoms with E-state index in [9.17, 15) is 14.0 Å². The van der Waals surface area contributed by atoms with Crippen molar-refractivity contribution in [2.75, 3.05) is 18.5 Å². The van der Waals surface area contributed by atoms with Crippen LogP contribution in [-0.2, 0) is 11.3 Å². The number of thiophene rings is 1. The number of amides is 3. The molecule has 3 aromatic heterocycles. The summed E-state index contributed by atoms with van der Waals surface area (Å²) in [6.45, 7) is 1.98. The molecular weight excluding hydrogens is 509 g/mol. The van der Waals surface area contributed by atoms with Gasteiger partial charge in [0.05, 0.1) is 27.4 Å². The maximum atomic E-state index is 14.8. The van der Waals surface area contributed by atoms with E-state index in [1.807, 2.05) is 18.2 Å². The number of pyridine rings is 2. The van der Waals surface area contributed by atoms with Gasteiger partial charge in [-0.05, 0) is 42.7 Å². The van der Waals surface area contributed by atoms with Gasteiger partial charge in [-0.25, -0.2) is 9.18 Å². The third-order valence-electron chi connectivity index (χ3n) is 5.96. The molecule has 1 aromatic carbocycles. The molecule has 0 spiro atoms. The number of aliphatic hydroxyl groups excluding tert-OH is 1. The van der Waals surface area contributed by atoms with Gasteiger partial charge in [-0.3, -0.25) is 14.8 Å². The second-order valence-electron chi connectivity index (χ2n) is 8.97. The minimum atomic E-state index is -0.603. The van der Waals surface area contributed by atoms with Crippen LogP contribution < -0.4 is 15.4 Å². The van der Waals surface area contributed by atoms with Gasteiger partial charge in [-0.15, -0.1) is 11.3 Å². The maximum Gasteiger partial charge on any atom is 0.319 e. The zero-order valence-corrected chi connectivity index (χ0v) is 21.4. The highest BCUT2D eigenvalue weighted by atomic mass is 32.1. The molecule has 0 atom stereocenters. The summed E-state index contributed by atoms with van der Waals surface area (Å²) < 4.78 is 21.4. The molecule has 0 unspecified atom stereocenters. The number of carbonyl (C=O) groups is 2. The molecule has 1 aliphatic rings. The quantitative estimate of drug-likeness (QED) is 0.280. The molecule has 196 valence electrons. The Morgan fingerprint density at radius 1 is 1.16 bits per heavy atom. The summed E-state index contributed by atoms with van der Waals surface area (Å²) in [6.07, 6.45) is 5.23. The summed E-state index contributed by atoms with van der Waals surface area (Å²) >= 11 is 1.42. The number of hydrogen-bond acceptors (Lipinski definition) is 7. The molecular formula is C27H26FN5O4S. The van der Waals surface area contributed by atoms with Crippen LogP contribution in [0.3, 0.4) is 0 Å². The van der Waals surface area contributed by atoms with Crippen LogP contribution in [0.1, 0.15) is 25.3 Å². The SMILES string of the molecule is CC(=O)N(CCO)Cc1ccc(-c2cc3nccc(Oc4ccc(NC(=O)NC5CC5)cc4F)c3s2)nc1. The zero-order chi connectivity index (χ0) is 26.6. The minimum Gasteiger partial charge on any atom is -0.453 e. The van der Waals surface area contributed by atoms with Crippen molar-refractivity contribution in [1.29, 1.82) is 0 Å². The first-order chi connectivity index (χ1) is 18.4. The first kappa shape index (κ1) is 25.6. The summed E-state index contributed by atoms with van der Waals surface area (Å²) in [7, 11) is 0. The van der Waals surface area contributed by atoms with Crippen LogP contribution in [0.5, 0.6) is 11.5 Å². The van der Waals surface area contributed by atoms with E-state index in [1.165, 1.54) is 30.4 Å². The van der Waals surface area contributed by atoms with Gasteiger partial charge >= 0.3 is 6.03 Å². The van der Waals surface area contributed by atoms with Gasteiger partial charge < -0.3 is 25.4 Å². The van der Waals surface area contributed by atoms with Crippen LogP contribution in [0, 0.1) is 5.82 Å². The number of fused-ring (bicyclic) bond motifs is 1. The molecule has 9 nitrogen and oxygen atoms in total. The molecule has 3 heterocycles. The maximum absolute atomic E-state index is 14.8. The molecule has 38 heavy (non-hydrogen) atoms. The number of ether oxygens (including phenoxy) is 1. The number of hydrogen-bond donors (Lipinski definition) is 3. The van der Waals surface area contributed by atoms with E-state index < -0.39 is 5.82 Å². The fraction of sp³-hybridized carbons (Fsp3) is 0.259. The third-order valence-corrected chi connectivity index (χ3v) is 7.13. The van der Waals surface area contributed by atoms with Crippen LogP contribution in [0.15, 0.2) is 54.9 Å². The molecule has 0 bridgehead atoms. The molecule has 3 amide bonds. The average molecular weight is 536 g/mol. The van der Waals surface area contributed by atoms with Crippen molar-refractivity contribution in [3.05, 3.63) is 66.2 Å². The number of aromatic nitrogens is 2. The summed E-state index contributed by atoms with van der Waals surface area (Å²) in [6, 6.07) is 11.4. The molecule has 1 saturated carbocycles. The van der Waals surface area contributed by atoms with Crippen LogP contribution in [0.2, 0.25) is 0 Å².